The van der Waals surface area contributed by atoms with Crippen LogP contribution in [0.5, 0.6) is 0 Å². The molecule has 72 valence electrons. The fourth-order valence-electron chi connectivity index (χ4n) is 1.45. The predicted molar refractivity (Wildman–Crippen MR) is 53.5 cm³/mol. The van der Waals surface area contributed by atoms with Gasteiger partial charge in [0.05, 0.1) is 17.9 Å². The van der Waals surface area contributed by atoms with Crippen molar-refractivity contribution in [1.29, 1.82) is 5.26 Å². The lowest BCUT2D eigenvalue weighted by Gasteiger charge is -2.16. The number of nitrogens with zero attached hydrogens (tertiary/aromatic N) is 2. The van der Waals surface area contributed by atoms with Gasteiger partial charge in [0.15, 0.2) is 0 Å². The maximum absolute atomic E-state index is 8.80. The topological polar surface area (TPSA) is 62.3 Å². The summed E-state index contributed by atoms with van der Waals surface area (Å²) < 4.78 is 0. The largest absolute Gasteiger partial charge is 0.398 e. The standard InChI is InChI=1S/C10H11N3O/c11-7-8-6-9(2-3-10(8)12)13-4-1-5-14-13/h2-3,6H,1,4-5,12H2. The van der Waals surface area contributed by atoms with E-state index in [1.54, 1.807) is 17.2 Å². The Labute approximate surface area is 82.4 Å². The van der Waals surface area contributed by atoms with Crippen LogP contribution in [0, 0.1) is 11.3 Å². The average Bonchev–Trinajstić information content (AvgIpc) is 2.71. The Bertz CT molecular complexity index is 377. The Morgan fingerprint density at radius 1 is 1.50 bits per heavy atom. The molecule has 14 heavy (non-hydrogen) atoms. The molecular weight excluding hydrogens is 178 g/mol. The highest BCUT2D eigenvalue weighted by atomic mass is 16.7. The molecule has 0 bridgehead atoms. The Hall–Kier alpha value is -1.73. The molecule has 2 rings (SSSR count). The van der Waals surface area contributed by atoms with Gasteiger partial charge < -0.3 is 5.73 Å². The highest BCUT2D eigenvalue weighted by Crippen LogP contribution is 2.23. The minimum absolute atomic E-state index is 0.498. The van der Waals surface area contributed by atoms with Crippen LogP contribution in [0.15, 0.2) is 18.2 Å². The van der Waals surface area contributed by atoms with Crippen LogP contribution in [0.2, 0.25) is 0 Å². The maximum Gasteiger partial charge on any atom is 0.101 e. The minimum atomic E-state index is 0.498. The monoisotopic (exact) mass is 189 g/mol. The lowest BCUT2D eigenvalue weighted by atomic mass is 10.2. The highest BCUT2D eigenvalue weighted by Gasteiger charge is 2.14. The van der Waals surface area contributed by atoms with Crippen molar-refractivity contribution < 1.29 is 4.84 Å². The van der Waals surface area contributed by atoms with Gasteiger partial charge in [0.1, 0.15) is 6.07 Å². The van der Waals surface area contributed by atoms with Crippen molar-refractivity contribution in [3.05, 3.63) is 23.8 Å². The van der Waals surface area contributed by atoms with Gasteiger partial charge in [-0.1, -0.05) is 0 Å². The summed E-state index contributed by atoms with van der Waals surface area (Å²) in [5.74, 6) is 0. The first kappa shape index (κ1) is 8.85. The molecule has 0 unspecified atom stereocenters. The fraction of sp³-hybridized carbons (Fsp3) is 0.300. The molecule has 0 spiro atoms. The molecule has 0 amide bonds. The van der Waals surface area contributed by atoms with E-state index in [0.29, 0.717) is 11.3 Å². The van der Waals surface area contributed by atoms with Gasteiger partial charge in [0, 0.05) is 12.2 Å². The second-order valence-corrected chi connectivity index (χ2v) is 3.17. The normalized spacial score (nSPS) is 15.5. The van der Waals surface area contributed by atoms with Gasteiger partial charge in [-0.25, -0.2) is 0 Å². The third-order valence-corrected chi connectivity index (χ3v) is 2.20. The molecule has 1 aliphatic heterocycles. The van der Waals surface area contributed by atoms with Gasteiger partial charge in [0.2, 0.25) is 0 Å². The molecule has 4 heteroatoms. The second kappa shape index (κ2) is 3.56. The molecule has 1 aromatic rings. The molecule has 4 nitrogen and oxygen atoms in total. The lowest BCUT2D eigenvalue weighted by molar-refractivity contribution is 0.168. The van der Waals surface area contributed by atoms with Gasteiger partial charge in [0.25, 0.3) is 0 Å². The predicted octanol–water partition coefficient (Wildman–Crippen LogP) is 1.28. The zero-order valence-electron chi connectivity index (χ0n) is 7.73. The van der Waals surface area contributed by atoms with Crippen molar-refractivity contribution >= 4 is 11.4 Å². The first-order valence-electron chi connectivity index (χ1n) is 4.51. The molecule has 1 aromatic carbocycles. The number of nitrogen functional groups attached to an aromatic ring is 1. The fourth-order valence-corrected chi connectivity index (χ4v) is 1.45. The molecule has 0 aromatic heterocycles. The van der Waals surface area contributed by atoms with Crippen LogP contribution < -0.4 is 10.8 Å². The summed E-state index contributed by atoms with van der Waals surface area (Å²) >= 11 is 0. The molecule has 0 atom stereocenters. The lowest BCUT2D eigenvalue weighted by Crippen LogP contribution is -2.16. The maximum atomic E-state index is 8.80. The van der Waals surface area contributed by atoms with E-state index in [4.69, 9.17) is 15.8 Å². The summed E-state index contributed by atoms with van der Waals surface area (Å²) in [6.07, 6.45) is 1.02. The third kappa shape index (κ3) is 1.50. The number of nitriles is 1. The average molecular weight is 189 g/mol. The summed E-state index contributed by atoms with van der Waals surface area (Å²) in [6.45, 7) is 1.61. The smallest absolute Gasteiger partial charge is 0.101 e. The summed E-state index contributed by atoms with van der Waals surface area (Å²) in [6, 6.07) is 7.40. The first-order valence-corrected chi connectivity index (χ1v) is 4.51. The number of rotatable bonds is 1. The number of hydrogen-bond acceptors (Lipinski definition) is 4. The van der Waals surface area contributed by atoms with Gasteiger partial charge in [-0.05, 0) is 24.6 Å². The van der Waals surface area contributed by atoms with Crippen molar-refractivity contribution in [2.75, 3.05) is 23.9 Å². The number of hydroxylamine groups is 1. The Balaban J connectivity index is 2.31. The zero-order valence-corrected chi connectivity index (χ0v) is 7.73. The minimum Gasteiger partial charge on any atom is -0.398 e. The van der Waals surface area contributed by atoms with E-state index in [1.807, 2.05) is 6.07 Å². The molecule has 1 heterocycles. The molecule has 0 saturated carbocycles. The van der Waals surface area contributed by atoms with E-state index in [2.05, 4.69) is 6.07 Å². The van der Waals surface area contributed by atoms with E-state index in [0.717, 1.165) is 25.3 Å². The van der Waals surface area contributed by atoms with Crippen molar-refractivity contribution in [2.24, 2.45) is 0 Å². The van der Waals surface area contributed by atoms with Crippen molar-refractivity contribution in [2.45, 2.75) is 6.42 Å². The highest BCUT2D eigenvalue weighted by molar-refractivity contribution is 5.62. The van der Waals surface area contributed by atoms with E-state index < -0.39 is 0 Å². The molecule has 2 N–H and O–H groups in total. The van der Waals surface area contributed by atoms with E-state index in [-0.39, 0.29) is 0 Å². The number of benzene rings is 1. The molecule has 0 aliphatic carbocycles. The number of hydrogen-bond donors (Lipinski definition) is 1. The number of anilines is 2. The summed E-state index contributed by atoms with van der Waals surface area (Å²) in [7, 11) is 0. The molecular formula is C10H11N3O. The summed E-state index contributed by atoms with van der Waals surface area (Å²) in [5.41, 5.74) is 7.52. The summed E-state index contributed by atoms with van der Waals surface area (Å²) in [4.78, 5) is 5.36. The quantitative estimate of drug-likeness (QED) is 0.676. The zero-order chi connectivity index (χ0) is 9.97. The molecule has 0 radical (unpaired) electrons. The molecule has 1 saturated heterocycles. The Kier molecular flexibility index (Phi) is 2.25. The number of nitrogens with two attached hydrogens (primary N) is 1. The van der Waals surface area contributed by atoms with Crippen LogP contribution in [-0.2, 0) is 4.84 Å². The van der Waals surface area contributed by atoms with Crippen molar-refractivity contribution in [3.8, 4) is 6.07 Å². The van der Waals surface area contributed by atoms with Crippen molar-refractivity contribution in [1.82, 2.24) is 0 Å². The van der Waals surface area contributed by atoms with Crippen molar-refractivity contribution in [3.63, 3.8) is 0 Å². The molecule has 1 fully saturated rings. The Morgan fingerprint density at radius 3 is 3.00 bits per heavy atom. The first-order chi connectivity index (χ1) is 6.81. The van der Waals surface area contributed by atoms with Crippen LogP contribution in [0.4, 0.5) is 11.4 Å². The van der Waals surface area contributed by atoms with E-state index in [1.165, 1.54) is 0 Å². The van der Waals surface area contributed by atoms with Crippen LogP contribution >= 0.6 is 0 Å². The van der Waals surface area contributed by atoms with Gasteiger partial charge in [-0.3, -0.25) is 9.90 Å². The SMILES string of the molecule is N#Cc1cc(N2CCCO2)ccc1N. The van der Waals surface area contributed by atoms with Crippen LogP contribution in [0.3, 0.4) is 0 Å². The van der Waals surface area contributed by atoms with Gasteiger partial charge in [-0.2, -0.15) is 5.26 Å². The third-order valence-electron chi connectivity index (χ3n) is 2.20. The van der Waals surface area contributed by atoms with Crippen LogP contribution in [0.1, 0.15) is 12.0 Å². The molecule has 1 aliphatic rings. The van der Waals surface area contributed by atoms with Crippen LogP contribution in [0.25, 0.3) is 0 Å². The van der Waals surface area contributed by atoms with Gasteiger partial charge >= 0.3 is 0 Å². The van der Waals surface area contributed by atoms with E-state index in [9.17, 15) is 0 Å². The Morgan fingerprint density at radius 2 is 2.36 bits per heavy atom. The summed E-state index contributed by atoms with van der Waals surface area (Å²) in [5, 5.41) is 10.6. The van der Waals surface area contributed by atoms with Gasteiger partial charge in [-0.15, -0.1) is 0 Å². The van der Waals surface area contributed by atoms with E-state index >= 15 is 0 Å². The second-order valence-electron chi connectivity index (χ2n) is 3.17. The van der Waals surface area contributed by atoms with Crippen LogP contribution in [-0.4, -0.2) is 13.2 Å².